The summed E-state index contributed by atoms with van der Waals surface area (Å²) in [5, 5.41) is 0. The maximum absolute atomic E-state index is 6.07. The molecule has 0 amide bonds. The monoisotopic (exact) mass is 234 g/mol. The molecule has 0 aliphatic heterocycles. The first-order valence-electron chi connectivity index (χ1n) is 6.74. The van der Waals surface area contributed by atoms with Gasteiger partial charge in [-0.05, 0) is 44.4 Å². The largest absolute Gasteiger partial charge is 0.372 e. The maximum Gasteiger partial charge on any atom is 0.0368 e. The highest BCUT2D eigenvalue weighted by Gasteiger charge is 2.07. The van der Waals surface area contributed by atoms with E-state index in [0.29, 0.717) is 6.04 Å². The van der Waals surface area contributed by atoms with E-state index in [1.165, 1.54) is 17.7 Å². The summed E-state index contributed by atoms with van der Waals surface area (Å²) in [5.41, 5.74) is 8.70. The number of aryl methyl sites for hydroxylation is 1. The number of nitrogens with zero attached hydrogens (tertiary/aromatic N) is 1. The average Bonchev–Trinajstić information content (AvgIpc) is 2.30. The van der Waals surface area contributed by atoms with Gasteiger partial charge in [-0.15, -0.1) is 0 Å². The molecular formula is C15H26N2. The van der Waals surface area contributed by atoms with E-state index in [9.17, 15) is 0 Å². The third kappa shape index (κ3) is 4.78. The fourth-order valence-corrected chi connectivity index (χ4v) is 2.13. The van der Waals surface area contributed by atoms with Crippen molar-refractivity contribution in [1.29, 1.82) is 0 Å². The summed E-state index contributed by atoms with van der Waals surface area (Å²) in [5.74, 6) is 0. The van der Waals surface area contributed by atoms with E-state index in [1.807, 2.05) is 0 Å². The van der Waals surface area contributed by atoms with Gasteiger partial charge in [-0.1, -0.05) is 25.5 Å². The van der Waals surface area contributed by atoms with Gasteiger partial charge in [0, 0.05) is 24.8 Å². The van der Waals surface area contributed by atoms with Gasteiger partial charge in [-0.25, -0.2) is 0 Å². The minimum absolute atomic E-state index is 0.346. The Kier molecular flexibility index (Phi) is 6.06. The third-order valence-corrected chi connectivity index (χ3v) is 3.18. The first-order valence-corrected chi connectivity index (χ1v) is 6.74. The fraction of sp³-hybridized carbons (Fsp3) is 0.600. The van der Waals surface area contributed by atoms with E-state index >= 15 is 0 Å². The minimum Gasteiger partial charge on any atom is -0.372 e. The van der Waals surface area contributed by atoms with Crippen molar-refractivity contribution < 1.29 is 0 Å². The van der Waals surface area contributed by atoms with E-state index in [0.717, 1.165) is 25.9 Å². The summed E-state index contributed by atoms with van der Waals surface area (Å²) in [6, 6.07) is 9.04. The molecule has 0 aliphatic rings. The molecule has 2 N–H and O–H groups in total. The molecule has 17 heavy (non-hydrogen) atoms. The van der Waals surface area contributed by atoms with Crippen LogP contribution in [0, 0.1) is 6.92 Å². The SMILES string of the molecule is CCCC(N)CCN(CC)c1cccc(C)c1. The van der Waals surface area contributed by atoms with Crippen LogP contribution in [0.1, 0.15) is 38.7 Å². The Balaban J connectivity index is 2.54. The molecule has 2 heteroatoms. The van der Waals surface area contributed by atoms with Crippen molar-refractivity contribution in [3.63, 3.8) is 0 Å². The van der Waals surface area contributed by atoms with E-state index in [-0.39, 0.29) is 0 Å². The van der Waals surface area contributed by atoms with Gasteiger partial charge >= 0.3 is 0 Å². The molecule has 1 aromatic rings. The van der Waals surface area contributed by atoms with Crippen LogP contribution in [0.3, 0.4) is 0 Å². The van der Waals surface area contributed by atoms with Gasteiger partial charge in [0.25, 0.3) is 0 Å². The highest BCUT2D eigenvalue weighted by Crippen LogP contribution is 2.16. The second-order valence-electron chi connectivity index (χ2n) is 4.76. The lowest BCUT2D eigenvalue weighted by molar-refractivity contribution is 0.555. The van der Waals surface area contributed by atoms with E-state index in [2.05, 4.69) is 49.9 Å². The van der Waals surface area contributed by atoms with Crippen molar-refractivity contribution in [3.8, 4) is 0 Å². The van der Waals surface area contributed by atoms with Gasteiger partial charge < -0.3 is 10.6 Å². The number of anilines is 1. The molecule has 0 saturated heterocycles. The van der Waals surface area contributed by atoms with Gasteiger partial charge in [0.1, 0.15) is 0 Å². The van der Waals surface area contributed by atoms with Crippen LogP contribution in [0.4, 0.5) is 5.69 Å². The standard InChI is InChI=1S/C15H26N2/c1-4-7-14(16)10-11-17(5-2)15-9-6-8-13(3)12-15/h6,8-9,12,14H,4-5,7,10-11,16H2,1-3H3. The van der Waals surface area contributed by atoms with Crippen LogP contribution in [0.15, 0.2) is 24.3 Å². The number of rotatable bonds is 7. The van der Waals surface area contributed by atoms with Crippen LogP contribution in [0.5, 0.6) is 0 Å². The molecule has 2 nitrogen and oxygen atoms in total. The highest BCUT2D eigenvalue weighted by molar-refractivity contribution is 5.48. The lowest BCUT2D eigenvalue weighted by atomic mass is 10.1. The molecule has 1 unspecified atom stereocenters. The molecular weight excluding hydrogens is 208 g/mol. The number of hydrogen-bond donors (Lipinski definition) is 1. The van der Waals surface area contributed by atoms with Crippen molar-refractivity contribution in [2.75, 3.05) is 18.0 Å². The van der Waals surface area contributed by atoms with Crippen LogP contribution >= 0.6 is 0 Å². The molecule has 0 aliphatic carbocycles. The van der Waals surface area contributed by atoms with Crippen LogP contribution in [-0.4, -0.2) is 19.1 Å². The average molecular weight is 234 g/mol. The fourth-order valence-electron chi connectivity index (χ4n) is 2.13. The Morgan fingerprint density at radius 2 is 2.00 bits per heavy atom. The lowest BCUT2D eigenvalue weighted by Gasteiger charge is -2.25. The Hall–Kier alpha value is -1.02. The van der Waals surface area contributed by atoms with Gasteiger partial charge in [0.15, 0.2) is 0 Å². The first kappa shape index (κ1) is 14.0. The second kappa shape index (κ2) is 7.33. The Morgan fingerprint density at radius 3 is 2.59 bits per heavy atom. The van der Waals surface area contributed by atoms with Gasteiger partial charge in [0.2, 0.25) is 0 Å². The summed E-state index contributed by atoms with van der Waals surface area (Å²) in [6.07, 6.45) is 3.39. The maximum atomic E-state index is 6.07. The molecule has 0 bridgehead atoms. The Morgan fingerprint density at radius 1 is 1.24 bits per heavy atom. The van der Waals surface area contributed by atoms with Gasteiger partial charge in [0.05, 0.1) is 0 Å². The minimum atomic E-state index is 0.346. The number of benzene rings is 1. The zero-order valence-corrected chi connectivity index (χ0v) is 11.4. The normalized spacial score (nSPS) is 12.5. The molecule has 1 atom stereocenters. The number of hydrogen-bond acceptors (Lipinski definition) is 2. The molecule has 0 radical (unpaired) electrons. The highest BCUT2D eigenvalue weighted by atomic mass is 15.1. The molecule has 0 spiro atoms. The van der Waals surface area contributed by atoms with Gasteiger partial charge in [-0.2, -0.15) is 0 Å². The van der Waals surface area contributed by atoms with Crippen molar-refractivity contribution >= 4 is 5.69 Å². The van der Waals surface area contributed by atoms with Crippen molar-refractivity contribution in [1.82, 2.24) is 0 Å². The predicted molar refractivity (Wildman–Crippen MR) is 76.6 cm³/mol. The summed E-state index contributed by atoms with van der Waals surface area (Å²) in [7, 11) is 0. The van der Waals surface area contributed by atoms with Crippen LogP contribution < -0.4 is 10.6 Å². The Bertz CT molecular complexity index is 322. The van der Waals surface area contributed by atoms with Crippen LogP contribution in [-0.2, 0) is 0 Å². The summed E-state index contributed by atoms with van der Waals surface area (Å²) >= 11 is 0. The molecule has 0 aromatic heterocycles. The Labute approximate surface area is 106 Å². The quantitative estimate of drug-likeness (QED) is 0.784. The van der Waals surface area contributed by atoms with Crippen LogP contribution in [0.25, 0.3) is 0 Å². The molecule has 1 aromatic carbocycles. The zero-order valence-electron chi connectivity index (χ0n) is 11.4. The summed E-state index contributed by atoms with van der Waals surface area (Å²) in [4.78, 5) is 2.41. The van der Waals surface area contributed by atoms with Crippen molar-refractivity contribution in [2.45, 2.75) is 46.1 Å². The smallest absolute Gasteiger partial charge is 0.0368 e. The summed E-state index contributed by atoms with van der Waals surface area (Å²) in [6.45, 7) is 8.63. The molecule has 1 rings (SSSR count). The zero-order chi connectivity index (χ0) is 12.7. The molecule has 0 fully saturated rings. The lowest BCUT2D eigenvalue weighted by Crippen LogP contribution is -2.30. The van der Waals surface area contributed by atoms with Crippen molar-refractivity contribution in [2.24, 2.45) is 5.73 Å². The molecule has 96 valence electrons. The second-order valence-corrected chi connectivity index (χ2v) is 4.76. The van der Waals surface area contributed by atoms with E-state index in [4.69, 9.17) is 5.73 Å². The van der Waals surface area contributed by atoms with E-state index < -0.39 is 0 Å². The molecule has 0 saturated carbocycles. The third-order valence-electron chi connectivity index (χ3n) is 3.18. The number of nitrogens with two attached hydrogens (primary N) is 1. The topological polar surface area (TPSA) is 29.3 Å². The first-order chi connectivity index (χ1) is 8.17. The summed E-state index contributed by atoms with van der Waals surface area (Å²) < 4.78 is 0. The molecule has 0 heterocycles. The van der Waals surface area contributed by atoms with Crippen molar-refractivity contribution in [3.05, 3.63) is 29.8 Å². The predicted octanol–water partition coefficient (Wildman–Crippen LogP) is 3.34. The van der Waals surface area contributed by atoms with E-state index in [1.54, 1.807) is 0 Å². The van der Waals surface area contributed by atoms with Crippen LogP contribution in [0.2, 0.25) is 0 Å². The van der Waals surface area contributed by atoms with Gasteiger partial charge in [-0.3, -0.25) is 0 Å².